The van der Waals surface area contributed by atoms with Gasteiger partial charge in [0.25, 0.3) is 11.8 Å². The highest BCUT2D eigenvalue weighted by Crippen LogP contribution is 2.37. The summed E-state index contributed by atoms with van der Waals surface area (Å²) in [5.41, 5.74) is -0.287. The number of benzene rings is 1. The highest BCUT2D eigenvalue weighted by molar-refractivity contribution is 5.95. The third-order valence-corrected chi connectivity index (χ3v) is 6.05. The van der Waals surface area contributed by atoms with Crippen LogP contribution in [-0.4, -0.2) is 89.2 Å². The van der Waals surface area contributed by atoms with Crippen LogP contribution in [0.5, 0.6) is 0 Å². The lowest BCUT2D eigenvalue weighted by atomic mass is 9.82. The molecule has 1 atom stereocenters. The van der Waals surface area contributed by atoms with E-state index in [1.54, 1.807) is 28.0 Å². The molecule has 0 radical (unpaired) electrons. The second kappa shape index (κ2) is 6.93. The minimum atomic E-state index is -0.524. The third kappa shape index (κ3) is 3.01. The Morgan fingerprint density at radius 3 is 2.66 bits per heavy atom. The first-order chi connectivity index (χ1) is 14.1. The first kappa shape index (κ1) is 18.3. The molecule has 4 heterocycles. The number of carbonyl (C=O) groups is 2. The van der Waals surface area contributed by atoms with E-state index in [1.165, 1.54) is 18.3 Å². The molecule has 1 spiro atoms. The van der Waals surface area contributed by atoms with Crippen LogP contribution in [0, 0.1) is 5.82 Å². The number of aromatic nitrogens is 1. The van der Waals surface area contributed by atoms with Crippen molar-refractivity contribution >= 4 is 11.8 Å². The van der Waals surface area contributed by atoms with Gasteiger partial charge in [-0.2, -0.15) is 0 Å². The molecule has 0 saturated carbocycles. The number of carbonyl (C=O) groups excluding carboxylic acids is 2. The van der Waals surface area contributed by atoms with E-state index in [0.717, 1.165) is 6.54 Å². The van der Waals surface area contributed by atoms with Gasteiger partial charge in [-0.25, -0.2) is 4.39 Å². The number of rotatable bonds is 2. The van der Waals surface area contributed by atoms with Crippen LogP contribution in [0.15, 0.2) is 41.1 Å². The largest absolute Gasteiger partial charge is 0.378 e. The van der Waals surface area contributed by atoms with Crippen LogP contribution in [0.3, 0.4) is 0 Å². The van der Waals surface area contributed by atoms with Gasteiger partial charge in [0.05, 0.1) is 36.6 Å². The third-order valence-electron chi connectivity index (χ3n) is 6.05. The zero-order valence-corrected chi connectivity index (χ0v) is 15.8. The van der Waals surface area contributed by atoms with Gasteiger partial charge in [-0.15, -0.1) is 0 Å². The number of morpholine rings is 1. The molecule has 3 aliphatic heterocycles. The standard InChI is InChI=1S/C20H21FN4O4/c21-16-4-2-1-3-15(16)18(26)23-9-14-10-28-8-7-25(14)20(11-23)12-24(13-20)19(27)17-5-6-22-29-17/h1-6,14H,7-13H2/t14-/m1/s1. The fourth-order valence-corrected chi connectivity index (χ4v) is 4.73. The number of fused-ring (bicyclic) bond motifs is 2. The average molecular weight is 400 g/mol. The second-order valence-corrected chi connectivity index (χ2v) is 7.85. The monoisotopic (exact) mass is 400 g/mol. The summed E-state index contributed by atoms with van der Waals surface area (Å²) in [7, 11) is 0. The summed E-state index contributed by atoms with van der Waals surface area (Å²) in [6.07, 6.45) is 1.44. The van der Waals surface area contributed by atoms with Crippen molar-refractivity contribution in [3.8, 4) is 0 Å². The first-order valence-corrected chi connectivity index (χ1v) is 9.66. The molecular weight excluding hydrogens is 379 g/mol. The molecule has 0 N–H and O–H groups in total. The van der Waals surface area contributed by atoms with E-state index in [1.807, 2.05) is 0 Å². The molecular formula is C20H21FN4O4. The van der Waals surface area contributed by atoms with Crippen molar-refractivity contribution in [2.75, 3.05) is 45.9 Å². The van der Waals surface area contributed by atoms with Gasteiger partial charge in [-0.05, 0) is 12.1 Å². The van der Waals surface area contributed by atoms with E-state index in [4.69, 9.17) is 9.26 Å². The molecule has 3 saturated heterocycles. The van der Waals surface area contributed by atoms with Crippen LogP contribution in [0.4, 0.5) is 4.39 Å². The predicted octanol–water partition coefficient (Wildman–Crippen LogP) is 0.865. The minimum Gasteiger partial charge on any atom is -0.378 e. The number of ether oxygens (including phenoxy) is 1. The molecule has 29 heavy (non-hydrogen) atoms. The van der Waals surface area contributed by atoms with Crippen molar-refractivity contribution in [1.29, 1.82) is 0 Å². The van der Waals surface area contributed by atoms with Crippen LogP contribution in [0.2, 0.25) is 0 Å². The molecule has 2 aromatic rings. The molecule has 0 aliphatic carbocycles. The summed E-state index contributed by atoms with van der Waals surface area (Å²) in [6, 6.07) is 7.60. The van der Waals surface area contributed by atoms with Crippen LogP contribution < -0.4 is 0 Å². The van der Waals surface area contributed by atoms with Gasteiger partial charge in [0.15, 0.2) is 0 Å². The van der Waals surface area contributed by atoms with E-state index in [2.05, 4.69) is 10.1 Å². The molecule has 5 rings (SSSR count). The summed E-state index contributed by atoms with van der Waals surface area (Å²) >= 11 is 0. The Morgan fingerprint density at radius 1 is 1.10 bits per heavy atom. The maximum Gasteiger partial charge on any atom is 0.292 e. The van der Waals surface area contributed by atoms with E-state index in [-0.39, 0.29) is 34.7 Å². The molecule has 0 unspecified atom stereocenters. The fourth-order valence-electron chi connectivity index (χ4n) is 4.73. The van der Waals surface area contributed by atoms with Gasteiger partial charge in [0.1, 0.15) is 5.82 Å². The number of piperazine rings is 1. The first-order valence-electron chi connectivity index (χ1n) is 9.66. The van der Waals surface area contributed by atoms with Crippen LogP contribution in [0.1, 0.15) is 20.9 Å². The fraction of sp³-hybridized carbons (Fsp3) is 0.450. The molecule has 0 bridgehead atoms. The molecule has 2 amide bonds. The number of likely N-dealkylation sites (tertiary alicyclic amines) is 1. The molecule has 152 valence electrons. The number of halogens is 1. The van der Waals surface area contributed by atoms with Gasteiger partial charge in [-0.3, -0.25) is 14.5 Å². The molecule has 1 aromatic carbocycles. The van der Waals surface area contributed by atoms with E-state index < -0.39 is 5.82 Å². The quantitative estimate of drug-likeness (QED) is 0.744. The number of hydrogen-bond donors (Lipinski definition) is 0. The second-order valence-electron chi connectivity index (χ2n) is 7.85. The topological polar surface area (TPSA) is 79.1 Å². The van der Waals surface area contributed by atoms with Gasteiger partial charge in [0, 0.05) is 38.8 Å². The van der Waals surface area contributed by atoms with Crippen molar-refractivity contribution in [1.82, 2.24) is 19.9 Å². The molecule has 3 aliphatic rings. The van der Waals surface area contributed by atoms with E-state index in [0.29, 0.717) is 39.4 Å². The number of hydrogen-bond acceptors (Lipinski definition) is 6. The lowest BCUT2D eigenvalue weighted by Crippen LogP contribution is -2.81. The van der Waals surface area contributed by atoms with Crippen molar-refractivity contribution in [3.63, 3.8) is 0 Å². The Labute approximate surface area is 166 Å². The number of amides is 2. The number of nitrogens with zero attached hydrogens (tertiary/aromatic N) is 4. The summed E-state index contributed by atoms with van der Waals surface area (Å²) < 4.78 is 24.8. The SMILES string of the molecule is O=C(c1ccno1)N1CC2(C1)CN(C(=O)c1ccccc1F)C[C@@H]1COCCN12. The highest BCUT2D eigenvalue weighted by atomic mass is 19.1. The highest BCUT2D eigenvalue weighted by Gasteiger charge is 2.56. The Balaban J connectivity index is 1.38. The lowest BCUT2D eigenvalue weighted by molar-refractivity contribution is -0.149. The average Bonchev–Trinajstić information content (AvgIpc) is 3.25. The van der Waals surface area contributed by atoms with Crippen molar-refractivity contribution in [2.45, 2.75) is 11.6 Å². The summed E-state index contributed by atoms with van der Waals surface area (Å²) in [5.74, 6) is -0.860. The van der Waals surface area contributed by atoms with Crippen LogP contribution in [-0.2, 0) is 4.74 Å². The van der Waals surface area contributed by atoms with Crippen LogP contribution in [0.25, 0.3) is 0 Å². The Morgan fingerprint density at radius 2 is 1.90 bits per heavy atom. The van der Waals surface area contributed by atoms with E-state index >= 15 is 0 Å². The maximum atomic E-state index is 14.2. The molecule has 8 nitrogen and oxygen atoms in total. The summed E-state index contributed by atoms with van der Waals surface area (Å²) in [5, 5.41) is 3.59. The normalized spacial score (nSPS) is 23.6. The predicted molar refractivity (Wildman–Crippen MR) is 98.8 cm³/mol. The summed E-state index contributed by atoms with van der Waals surface area (Å²) in [6.45, 7) is 3.75. The summed E-state index contributed by atoms with van der Waals surface area (Å²) in [4.78, 5) is 31.4. The molecule has 1 aromatic heterocycles. The van der Waals surface area contributed by atoms with Gasteiger partial charge >= 0.3 is 0 Å². The Kier molecular flexibility index (Phi) is 4.36. The minimum absolute atomic E-state index is 0.0238. The Bertz CT molecular complexity index is 928. The van der Waals surface area contributed by atoms with Crippen molar-refractivity contribution in [2.24, 2.45) is 0 Å². The van der Waals surface area contributed by atoms with Crippen molar-refractivity contribution in [3.05, 3.63) is 53.7 Å². The lowest BCUT2D eigenvalue weighted by Gasteiger charge is -2.63. The smallest absolute Gasteiger partial charge is 0.292 e. The van der Waals surface area contributed by atoms with Gasteiger partial charge in [0.2, 0.25) is 5.76 Å². The molecule has 9 heteroatoms. The van der Waals surface area contributed by atoms with E-state index in [9.17, 15) is 14.0 Å². The van der Waals surface area contributed by atoms with Gasteiger partial charge < -0.3 is 19.1 Å². The zero-order chi connectivity index (χ0) is 20.0. The van der Waals surface area contributed by atoms with Gasteiger partial charge in [-0.1, -0.05) is 17.3 Å². The Hall–Kier alpha value is -2.78. The maximum absolute atomic E-state index is 14.2. The van der Waals surface area contributed by atoms with Crippen LogP contribution >= 0.6 is 0 Å². The molecule has 3 fully saturated rings. The zero-order valence-electron chi connectivity index (χ0n) is 15.8. The van der Waals surface area contributed by atoms with Crippen molar-refractivity contribution < 1.29 is 23.2 Å².